The van der Waals surface area contributed by atoms with Crippen LogP contribution in [0.1, 0.15) is 13.8 Å². The molecule has 0 unspecified atom stereocenters. The number of phenols is 2. The number of aromatic hydroxyl groups is 2. The lowest BCUT2D eigenvalue weighted by Gasteiger charge is -1.92. The lowest BCUT2D eigenvalue weighted by molar-refractivity contribution is -0.287. The van der Waals surface area contributed by atoms with E-state index in [-0.39, 0.29) is 11.5 Å². The second-order valence-electron chi connectivity index (χ2n) is 2.33. The van der Waals surface area contributed by atoms with Crippen LogP contribution >= 0.6 is 0 Å². The summed E-state index contributed by atoms with van der Waals surface area (Å²) in [5.74, 6) is 0.339. The van der Waals surface area contributed by atoms with Gasteiger partial charge in [-0.05, 0) is 38.1 Å². The van der Waals surface area contributed by atoms with E-state index in [0.717, 1.165) is 0 Å². The van der Waals surface area contributed by atoms with Crippen LogP contribution in [0.15, 0.2) is 24.3 Å². The average molecular weight is 200 g/mol. The summed E-state index contributed by atoms with van der Waals surface area (Å²) < 4.78 is 0. The summed E-state index contributed by atoms with van der Waals surface area (Å²) in [6, 6.07) is 5.70. The first kappa shape index (κ1) is 12.7. The van der Waals surface area contributed by atoms with Crippen LogP contribution < -0.4 is 0 Å². The van der Waals surface area contributed by atoms with Gasteiger partial charge in [-0.2, -0.15) is 0 Å². The Balaban J connectivity index is 0.000000255. The molecule has 0 aliphatic carbocycles. The molecule has 0 heterocycles. The van der Waals surface area contributed by atoms with E-state index in [1.54, 1.807) is 0 Å². The van der Waals surface area contributed by atoms with Crippen LogP contribution in [0.25, 0.3) is 0 Å². The van der Waals surface area contributed by atoms with Crippen molar-refractivity contribution in [1.29, 1.82) is 0 Å². The third-order valence-electron chi connectivity index (χ3n) is 1.17. The molecule has 0 radical (unpaired) electrons. The van der Waals surface area contributed by atoms with Crippen molar-refractivity contribution >= 4 is 0 Å². The van der Waals surface area contributed by atoms with E-state index in [1.807, 2.05) is 13.8 Å². The zero-order chi connectivity index (χ0) is 10.8. The van der Waals surface area contributed by atoms with E-state index in [0.29, 0.717) is 13.2 Å². The average Bonchev–Trinajstić information content (AvgIpc) is 2.20. The van der Waals surface area contributed by atoms with Crippen molar-refractivity contribution in [3.8, 4) is 11.5 Å². The van der Waals surface area contributed by atoms with Crippen molar-refractivity contribution in [2.24, 2.45) is 0 Å². The molecule has 0 aliphatic heterocycles. The molecule has 0 fully saturated rings. The van der Waals surface area contributed by atoms with E-state index in [9.17, 15) is 0 Å². The van der Waals surface area contributed by atoms with E-state index < -0.39 is 0 Å². The topological polar surface area (TPSA) is 58.9 Å². The van der Waals surface area contributed by atoms with Gasteiger partial charge < -0.3 is 10.2 Å². The highest BCUT2D eigenvalue weighted by Gasteiger charge is 1.84. The van der Waals surface area contributed by atoms with Gasteiger partial charge in [-0.3, -0.25) is 0 Å². The van der Waals surface area contributed by atoms with Crippen LogP contribution in [0.5, 0.6) is 11.5 Å². The fourth-order valence-electron chi connectivity index (χ4n) is 0.619. The van der Waals surface area contributed by atoms with Crippen molar-refractivity contribution in [3.05, 3.63) is 24.3 Å². The SMILES string of the molecule is CCOOCC.Oc1ccc(O)cc1. The predicted molar refractivity (Wildman–Crippen MR) is 53.0 cm³/mol. The van der Waals surface area contributed by atoms with Gasteiger partial charge in [0.1, 0.15) is 11.5 Å². The van der Waals surface area contributed by atoms with E-state index in [2.05, 4.69) is 9.78 Å². The minimum Gasteiger partial charge on any atom is -0.508 e. The second kappa shape index (κ2) is 8.34. The molecule has 0 amide bonds. The Morgan fingerprint density at radius 1 is 0.857 bits per heavy atom. The van der Waals surface area contributed by atoms with Crippen molar-refractivity contribution in [2.45, 2.75) is 13.8 Å². The standard InChI is InChI=1S/C6H6O2.C4H10O2/c7-5-1-2-6(8)4-3-5;1-3-5-6-4-2/h1-4,7-8H;3-4H2,1-2H3. The van der Waals surface area contributed by atoms with Crippen LogP contribution in [-0.2, 0) is 9.78 Å². The van der Waals surface area contributed by atoms with Gasteiger partial charge in [-0.1, -0.05) is 0 Å². The van der Waals surface area contributed by atoms with Gasteiger partial charge in [-0.25, -0.2) is 9.78 Å². The van der Waals surface area contributed by atoms with Gasteiger partial charge >= 0.3 is 0 Å². The van der Waals surface area contributed by atoms with Gasteiger partial charge in [0.05, 0.1) is 13.2 Å². The first-order valence-electron chi connectivity index (χ1n) is 4.43. The molecule has 0 spiro atoms. The number of phenolic OH excluding ortho intramolecular Hbond substituents is 2. The van der Waals surface area contributed by atoms with Gasteiger partial charge in [0.25, 0.3) is 0 Å². The van der Waals surface area contributed by atoms with Gasteiger partial charge in [0.15, 0.2) is 0 Å². The molecule has 4 nitrogen and oxygen atoms in total. The fourth-order valence-corrected chi connectivity index (χ4v) is 0.619. The predicted octanol–water partition coefficient (Wildman–Crippen LogP) is 2.07. The minimum atomic E-state index is 0.169. The maximum atomic E-state index is 8.65. The highest BCUT2D eigenvalue weighted by Crippen LogP contribution is 2.13. The van der Waals surface area contributed by atoms with E-state index in [4.69, 9.17) is 10.2 Å². The minimum absolute atomic E-state index is 0.169. The zero-order valence-corrected chi connectivity index (χ0v) is 8.43. The van der Waals surface area contributed by atoms with E-state index in [1.165, 1.54) is 24.3 Å². The van der Waals surface area contributed by atoms with Crippen LogP contribution in [0.2, 0.25) is 0 Å². The maximum Gasteiger partial charge on any atom is 0.115 e. The van der Waals surface area contributed by atoms with E-state index >= 15 is 0 Å². The quantitative estimate of drug-likeness (QED) is 0.339. The maximum absolute atomic E-state index is 8.65. The van der Waals surface area contributed by atoms with Gasteiger partial charge in [-0.15, -0.1) is 0 Å². The molecule has 1 rings (SSSR count). The molecule has 2 N–H and O–H groups in total. The molecule has 1 aromatic rings. The molecular formula is C10H16O4. The Morgan fingerprint density at radius 3 is 1.36 bits per heavy atom. The molecule has 14 heavy (non-hydrogen) atoms. The lowest BCUT2D eigenvalue weighted by Crippen LogP contribution is -1.90. The molecule has 1 aromatic carbocycles. The summed E-state index contributed by atoms with van der Waals surface area (Å²) in [6.45, 7) is 5.03. The van der Waals surface area contributed by atoms with Crippen LogP contribution in [0, 0.1) is 0 Å². The molecule has 0 saturated heterocycles. The highest BCUT2D eigenvalue weighted by molar-refractivity contribution is 5.28. The smallest absolute Gasteiger partial charge is 0.115 e. The molecule has 4 heteroatoms. The first-order chi connectivity index (χ1) is 6.70. The van der Waals surface area contributed by atoms with Gasteiger partial charge in [0.2, 0.25) is 0 Å². The monoisotopic (exact) mass is 200 g/mol. The number of hydrogen-bond acceptors (Lipinski definition) is 4. The normalized spacial score (nSPS) is 9.00. The van der Waals surface area contributed by atoms with Crippen molar-refractivity contribution in [2.75, 3.05) is 13.2 Å². The number of benzene rings is 1. The lowest BCUT2D eigenvalue weighted by atomic mass is 10.3. The summed E-state index contributed by atoms with van der Waals surface area (Å²) in [7, 11) is 0. The third kappa shape index (κ3) is 7.39. The summed E-state index contributed by atoms with van der Waals surface area (Å²) >= 11 is 0. The highest BCUT2D eigenvalue weighted by atomic mass is 17.2. The summed E-state index contributed by atoms with van der Waals surface area (Å²) in [4.78, 5) is 8.97. The van der Waals surface area contributed by atoms with Crippen molar-refractivity contribution < 1.29 is 20.0 Å². The van der Waals surface area contributed by atoms with Crippen molar-refractivity contribution in [3.63, 3.8) is 0 Å². The Labute approximate surface area is 83.6 Å². The van der Waals surface area contributed by atoms with Crippen molar-refractivity contribution in [1.82, 2.24) is 0 Å². The molecule has 0 aromatic heterocycles. The molecule has 0 aliphatic rings. The van der Waals surface area contributed by atoms with Gasteiger partial charge in [0, 0.05) is 0 Å². The number of hydrogen-bond donors (Lipinski definition) is 2. The largest absolute Gasteiger partial charge is 0.508 e. The van der Waals surface area contributed by atoms with Crippen LogP contribution in [0.4, 0.5) is 0 Å². The summed E-state index contributed by atoms with van der Waals surface area (Å²) in [5, 5.41) is 17.3. The number of rotatable bonds is 3. The Bertz CT molecular complexity index is 195. The third-order valence-corrected chi connectivity index (χ3v) is 1.17. The van der Waals surface area contributed by atoms with Crippen LogP contribution in [0.3, 0.4) is 0 Å². The second-order valence-corrected chi connectivity index (χ2v) is 2.33. The molecule has 0 saturated carbocycles. The Morgan fingerprint density at radius 2 is 1.14 bits per heavy atom. The summed E-state index contributed by atoms with van der Waals surface area (Å²) in [6.07, 6.45) is 0. The Kier molecular flexibility index (Phi) is 7.59. The molecule has 0 atom stereocenters. The van der Waals surface area contributed by atoms with Crippen LogP contribution in [-0.4, -0.2) is 23.4 Å². The Hall–Kier alpha value is -1.26. The zero-order valence-electron chi connectivity index (χ0n) is 8.43. The molecule has 80 valence electrons. The first-order valence-corrected chi connectivity index (χ1v) is 4.43. The molecule has 0 bridgehead atoms. The fraction of sp³-hybridized carbons (Fsp3) is 0.400. The molecular weight excluding hydrogens is 184 g/mol. The summed E-state index contributed by atoms with van der Waals surface area (Å²) in [5.41, 5.74) is 0.